The number of amides is 1. The molecule has 148 valence electrons. The molecule has 1 amide bonds. The summed E-state index contributed by atoms with van der Waals surface area (Å²) in [5, 5.41) is 9.65. The lowest BCUT2D eigenvalue weighted by Gasteiger charge is -2.45. The first-order chi connectivity index (χ1) is 13.6. The van der Waals surface area contributed by atoms with E-state index < -0.39 is 5.60 Å². The molecule has 2 aliphatic heterocycles. The maximum atomic E-state index is 12.8. The van der Waals surface area contributed by atoms with Gasteiger partial charge in [-0.2, -0.15) is 0 Å². The topological polar surface area (TPSA) is 68.2 Å². The number of carbonyl (C=O) groups excluding carboxylic acids is 1. The summed E-state index contributed by atoms with van der Waals surface area (Å²) in [6.45, 7) is 1.85. The third-order valence-corrected chi connectivity index (χ3v) is 5.80. The quantitative estimate of drug-likeness (QED) is 0.882. The number of nitrogens with zero attached hydrogens (tertiary/aromatic N) is 1. The van der Waals surface area contributed by atoms with Gasteiger partial charge in [-0.3, -0.25) is 4.79 Å². The van der Waals surface area contributed by atoms with E-state index in [1.54, 1.807) is 32.4 Å². The summed E-state index contributed by atoms with van der Waals surface area (Å²) in [6.07, 6.45) is 2.28. The Balaban J connectivity index is 1.57. The minimum atomic E-state index is -0.400. The number of phenols is 1. The molecular weight excluding hydrogens is 358 g/mol. The second kappa shape index (κ2) is 7.36. The minimum absolute atomic E-state index is 0.0610. The van der Waals surface area contributed by atoms with Crippen LogP contribution in [-0.2, 0) is 16.8 Å². The third kappa shape index (κ3) is 3.18. The van der Waals surface area contributed by atoms with Gasteiger partial charge >= 0.3 is 0 Å². The summed E-state index contributed by atoms with van der Waals surface area (Å²) in [7, 11) is 3.28. The highest BCUT2D eigenvalue weighted by Gasteiger charge is 2.42. The van der Waals surface area contributed by atoms with Crippen molar-refractivity contribution in [1.82, 2.24) is 4.90 Å². The van der Waals surface area contributed by atoms with E-state index in [2.05, 4.69) is 0 Å². The van der Waals surface area contributed by atoms with Crippen molar-refractivity contribution in [3.05, 3.63) is 53.1 Å². The predicted molar refractivity (Wildman–Crippen MR) is 104 cm³/mol. The van der Waals surface area contributed by atoms with E-state index >= 15 is 0 Å². The van der Waals surface area contributed by atoms with Crippen LogP contribution in [0.5, 0.6) is 17.2 Å². The van der Waals surface area contributed by atoms with Crippen molar-refractivity contribution in [3.8, 4) is 17.2 Å². The molecule has 1 spiro atoms. The maximum absolute atomic E-state index is 12.8. The van der Waals surface area contributed by atoms with Crippen LogP contribution >= 0.6 is 0 Å². The van der Waals surface area contributed by atoms with E-state index in [4.69, 9.17) is 14.2 Å². The van der Waals surface area contributed by atoms with Crippen LogP contribution in [0, 0.1) is 0 Å². The summed E-state index contributed by atoms with van der Waals surface area (Å²) >= 11 is 0. The number of hydrogen-bond donors (Lipinski definition) is 1. The molecule has 2 aromatic rings. The number of benzene rings is 2. The summed E-state index contributed by atoms with van der Waals surface area (Å²) in [5.74, 6) is 1.47. The summed E-state index contributed by atoms with van der Waals surface area (Å²) in [6, 6.07) is 10.6. The molecule has 0 aliphatic carbocycles. The molecule has 4 rings (SSSR count). The van der Waals surface area contributed by atoms with Crippen molar-refractivity contribution in [3.63, 3.8) is 0 Å². The highest BCUT2D eigenvalue weighted by molar-refractivity contribution is 5.94. The molecule has 6 heteroatoms. The van der Waals surface area contributed by atoms with E-state index in [1.165, 1.54) is 11.6 Å². The largest absolute Gasteiger partial charge is 0.508 e. The van der Waals surface area contributed by atoms with Crippen LogP contribution in [0.1, 0.15) is 34.3 Å². The molecule has 2 aliphatic rings. The number of rotatable bonds is 3. The van der Waals surface area contributed by atoms with Gasteiger partial charge in [-0.1, -0.05) is 6.07 Å². The molecule has 6 nitrogen and oxygen atoms in total. The standard InChI is InChI=1S/C22H25NO5/c1-26-19-13-15-6-11-28-22(18(15)14-20(19)27-2)7-9-23(10-8-22)21(25)16-4-3-5-17(24)12-16/h3-5,12-14,24H,6-11H2,1-2H3. The summed E-state index contributed by atoms with van der Waals surface area (Å²) < 4.78 is 17.2. The SMILES string of the molecule is COc1cc2c(cc1OC)C1(CCN(C(=O)c3cccc(O)c3)CC1)OCC2. The maximum Gasteiger partial charge on any atom is 0.253 e. The lowest BCUT2D eigenvalue weighted by Crippen LogP contribution is -2.48. The van der Waals surface area contributed by atoms with Gasteiger partial charge in [-0.05, 0) is 60.7 Å². The molecule has 0 saturated carbocycles. The zero-order valence-electron chi connectivity index (χ0n) is 16.2. The van der Waals surface area contributed by atoms with Gasteiger partial charge in [0.25, 0.3) is 5.91 Å². The van der Waals surface area contributed by atoms with Crippen LogP contribution in [0.3, 0.4) is 0 Å². The molecule has 1 fully saturated rings. The molecule has 0 atom stereocenters. The fourth-order valence-corrected chi connectivity index (χ4v) is 4.29. The Morgan fingerprint density at radius 2 is 1.82 bits per heavy atom. The van der Waals surface area contributed by atoms with E-state index in [-0.39, 0.29) is 11.7 Å². The third-order valence-electron chi connectivity index (χ3n) is 5.80. The van der Waals surface area contributed by atoms with Crippen molar-refractivity contribution in [1.29, 1.82) is 0 Å². The number of phenolic OH excluding ortho intramolecular Hbond substituents is 1. The van der Waals surface area contributed by atoms with Crippen molar-refractivity contribution in [2.45, 2.75) is 24.9 Å². The number of carbonyl (C=O) groups is 1. The van der Waals surface area contributed by atoms with E-state index in [0.717, 1.165) is 30.6 Å². The van der Waals surface area contributed by atoms with Gasteiger partial charge in [0, 0.05) is 18.7 Å². The molecule has 1 saturated heterocycles. The Morgan fingerprint density at radius 1 is 1.11 bits per heavy atom. The first-order valence-electron chi connectivity index (χ1n) is 9.54. The molecule has 0 radical (unpaired) electrons. The fourth-order valence-electron chi connectivity index (χ4n) is 4.29. The van der Waals surface area contributed by atoms with Crippen LogP contribution in [0.15, 0.2) is 36.4 Å². The molecule has 1 N–H and O–H groups in total. The number of fused-ring (bicyclic) bond motifs is 2. The molecule has 2 aromatic carbocycles. The second-order valence-corrected chi connectivity index (χ2v) is 7.30. The van der Waals surface area contributed by atoms with E-state index in [0.29, 0.717) is 31.0 Å². The van der Waals surface area contributed by atoms with E-state index in [9.17, 15) is 9.90 Å². The summed E-state index contributed by atoms with van der Waals surface area (Å²) in [4.78, 5) is 14.6. The van der Waals surface area contributed by atoms with Crippen molar-refractivity contribution >= 4 is 5.91 Å². The highest BCUT2D eigenvalue weighted by atomic mass is 16.5. The van der Waals surface area contributed by atoms with Gasteiger partial charge in [0.15, 0.2) is 11.5 Å². The normalized spacial score (nSPS) is 17.9. The Hall–Kier alpha value is -2.73. The Labute approximate surface area is 164 Å². The minimum Gasteiger partial charge on any atom is -0.508 e. The van der Waals surface area contributed by atoms with Gasteiger partial charge in [0.2, 0.25) is 0 Å². The first-order valence-corrected chi connectivity index (χ1v) is 9.54. The Morgan fingerprint density at radius 3 is 2.50 bits per heavy atom. The average molecular weight is 383 g/mol. The number of methoxy groups -OCH3 is 2. The van der Waals surface area contributed by atoms with Crippen LogP contribution in [0.2, 0.25) is 0 Å². The van der Waals surface area contributed by atoms with Gasteiger partial charge in [0.05, 0.1) is 26.4 Å². The van der Waals surface area contributed by atoms with Crippen molar-refractivity contribution < 1.29 is 24.1 Å². The number of aromatic hydroxyl groups is 1. The van der Waals surface area contributed by atoms with Crippen LogP contribution in [0.25, 0.3) is 0 Å². The molecule has 0 aromatic heterocycles. The highest BCUT2D eigenvalue weighted by Crippen LogP contribution is 2.45. The number of likely N-dealkylation sites (tertiary alicyclic amines) is 1. The van der Waals surface area contributed by atoms with Crippen molar-refractivity contribution in [2.75, 3.05) is 33.9 Å². The zero-order valence-corrected chi connectivity index (χ0v) is 16.2. The fraction of sp³-hybridized carbons (Fsp3) is 0.409. The second-order valence-electron chi connectivity index (χ2n) is 7.30. The lowest BCUT2D eigenvalue weighted by molar-refractivity contribution is -0.0936. The Kier molecular flexibility index (Phi) is 4.89. The molecule has 0 bridgehead atoms. The molecular formula is C22H25NO5. The van der Waals surface area contributed by atoms with Gasteiger partial charge in [-0.15, -0.1) is 0 Å². The Bertz CT molecular complexity index is 886. The average Bonchev–Trinajstić information content (AvgIpc) is 2.73. The van der Waals surface area contributed by atoms with Gasteiger partial charge < -0.3 is 24.2 Å². The van der Waals surface area contributed by atoms with Crippen LogP contribution < -0.4 is 9.47 Å². The van der Waals surface area contributed by atoms with E-state index in [1.807, 2.05) is 17.0 Å². The lowest BCUT2D eigenvalue weighted by atomic mass is 9.79. The molecule has 28 heavy (non-hydrogen) atoms. The number of piperidine rings is 1. The molecule has 0 unspecified atom stereocenters. The zero-order chi connectivity index (χ0) is 19.7. The summed E-state index contributed by atoms with van der Waals surface area (Å²) in [5.41, 5.74) is 2.47. The van der Waals surface area contributed by atoms with Gasteiger partial charge in [-0.25, -0.2) is 0 Å². The first kappa shape index (κ1) is 18.6. The molecule has 2 heterocycles. The smallest absolute Gasteiger partial charge is 0.253 e. The van der Waals surface area contributed by atoms with Crippen LogP contribution in [0.4, 0.5) is 0 Å². The van der Waals surface area contributed by atoms with Gasteiger partial charge in [0.1, 0.15) is 5.75 Å². The number of hydrogen-bond acceptors (Lipinski definition) is 5. The number of ether oxygens (including phenoxy) is 3. The van der Waals surface area contributed by atoms with Crippen molar-refractivity contribution in [2.24, 2.45) is 0 Å². The monoisotopic (exact) mass is 383 g/mol. The van der Waals surface area contributed by atoms with Crippen LogP contribution in [-0.4, -0.2) is 49.8 Å². The predicted octanol–water partition coefficient (Wildman–Crippen LogP) is 3.11.